The second kappa shape index (κ2) is 8.86. The summed E-state index contributed by atoms with van der Waals surface area (Å²) in [7, 11) is 0. The molecule has 6 heteroatoms. The van der Waals surface area contributed by atoms with Crippen molar-refractivity contribution in [3.05, 3.63) is 46.5 Å². The number of esters is 1. The van der Waals surface area contributed by atoms with E-state index in [4.69, 9.17) is 9.72 Å². The van der Waals surface area contributed by atoms with Crippen molar-refractivity contribution < 1.29 is 14.3 Å². The molecule has 1 aromatic heterocycles. The molecule has 0 N–H and O–H groups in total. The van der Waals surface area contributed by atoms with Crippen LogP contribution in [0.5, 0.6) is 0 Å². The van der Waals surface area contributed by atoms with Crippen LogP contribution in [0.2, 0.25) is 0 Å². The fourth-order valence-corrected chi connectivity index (χ4v) is 5.14. The van der Waals surface area contributed by atoms with Crippen LogP contribution in [0.3, 0.4) is 0 Å². The van der Waals surface area contributed by atoms with E-state index in [0.29, 0.717) is 6.54 Å². The smallest absolute Gasteiger partial charge is 0.309 e. The number of ether oxygens (including phenoxy) is 1. The number of benzene rings is 1. The van der Waals surface area contributed by atoms with Crippen LogP contribution in [0, 0.1) is 5.92 Å². The standard InChI is InChI=1S/C22H26N2O3S/c25-20(15-27-21(26)17-10-4-5-11-17)24(14-16-8-2-1-3-9-16)22-23-18-12-6-7-13-19(18)28-22/h1-3,8-9,17H,4-7,10-15H2. The Bertz CT molecular complexity index is 804. The lowest BCUT2D eigenvalue weighted by molar-refractivity contribution is -0.151. The summed E-state index contributed by atoms with van der Waals surface area (Å²) in [6.07, 6.45) is 8.24. The van der Waals surface area contributed by atoms with Crippen LogP contribution in [-0.2, 0) is 33.7 Å². The molecular weight excluding hydrogens is 372 g/mol. The molecule has 2 aliphatic rings. The first-order chi connectivity index (χ1) is 13.7. The van der Waals surface area contributed by atoms with Gasteiger partial charge in [0.25, 0.3) is 5.91 Å². The first-order valence-corrected chi connectivity index (χ1v) is 11.0. The molecule has 0 atom stereocenters. The molecular formula is C22H26N2O3S. The summed E-state index contributed by atoms with van der Waals surface area (Å²) in [5, 5.41) is 0.720. The van der Waals surface area contributed by atoms with Crippen LogP contribution in [0.15, 0.2) is 30.3 Å². The first kappa shape index (κ1) is 19.1. The Kier molecular flexibility index (Phi) is 6.05. The third-order valence-electron chi connectivity index (χ3n) is 5.58. The number of amides is 1. The molecule has 2 aliphatic carbocycles. The van der Waals surface area contributed by atoms with Crippen molar-refractivity contribution >= 4 is 28.3 Å². The molecule has 1 heterocycles. The number of rotatable bonds is 6. The van der Waals surface area contributed by atoms with Gasteiger partial charge in [-0.15, -0.1) is 11.3 Å². The summed E-state index contributed by atoms with van der Waals surface area (Å²) < 4.78 is 5.38. The molecule has 5 nitrogen and oxygen atoms in total. The van der Waals surface area contributed by atoms with Crippen molar-refractivity contribution in [1.82, 2.24) is 4.98 Å². The maximum atomic E-state index is 13.0. The third kappa shape index (κ3) is 4.43. The molecule has 2 aromatic rings. The largest absolute Gasteiger partial charge is 0.455 e. The molecule has 148 valence electrons. The predicted octanol–water partition coefficient (Wildman–Crippen LogP) is 4.29. The third-order valence-corrected chi connectivity index (χ3v) is 6.76. The zero-order valence-electron chi connectivity index (χ0n) is 16.1. The van der Waals surface area contributed by atoms with Gasteiger partial charge in [0.1, 0.15) is 0 Å². The molecule has 1 saturated carbocycles. The molecule has 0 radical (unpaired) electrons. The monoisotopic (exact) mass is 398 g/mol. The van der Waals surface area contributed by atoms with E-state index in [0.717, 1.165) is 61.3 Å². The topological polar surface area (TPSA) is 59.5 Å². The van der Waals surface area contributed by atoms with Crippen molar-refractivity contribution in [2.45, 2.75) is 57.9 Å². The number of fused-ring (bicyclic) bond motifs is 1. The highest BCUT2D eigenvalue weighted by Crippen LogP contribution is 2.33. The van der Waals surface area contributed by atoms with Crippen LogP contribution in [0.4, 0.5) is 5.13 Å². The lowest BCUT2D eigenvalue weighted by Crippen LogP contribution is -2.35. The Morgan fingerprint density at radius 3 is 2.57 bits per heavy atom. The Morgan fingerprint density at radius 2 is 1.82 bits per heavy atom. The molecule has 28 heavy (non-hydrogen) atoms. The summed E-state index contributed by atoms with van der Waals surface area (Å²) in [6, 6.07) is 9.88. The first-order valence-electron chi connectivity index (χ1n) is 10.2. The summed E-state index contributed by atoms with van der Waals surface area (Å²) in [6.45, 7) is 0.222. The Morgan fingerprint density at radius 1 is 1.07 bits per heavy atom. The molecule has 1 fully saturated rings. The van der Waals surface area contributed by atoms with Crippen LogP contribution in [0.1, 0.15) is 54.7 Å². The molecule has 1 aromatic carbocycles. The number of hydrogen-bond donors (Lipinski definition) is 0. The van der Waals surface area contributed by atoms with Crippen LogP contribution in [0.25, 0.3) is 0 Å². The highest BCUT2D eigenvalue weighted by molar-refractivity contribution is 7.15. The van der Waals surface area contributed by atoms with Crippen LogP contribution >= 0.6 is 11.3 Å². The van der Waals surface area contributed by atoms with Crippen molar-refractivity contribution in [1.29, 1.82) is 0 Å². The van der Waals surface area contributed by atoms with Gasteiger partial charge in [-0.25, -0.2) is 4.98 Å². The van der Waals surface area contributed by atoms with Crippen molar-refractivity contribution in [2.24, 2.45) is 5.92 Å². The van der Waals surface area contributed by atoms with Crippen molar-refractivity contribution in [3.63, 3.8) is 0 Å². The van der Waals surface area contributed by atoms with E-state index < -0.39 is 0 Å². The zero-order chi connectivity index (χ0) is 19.3. The minimum Gasteiger partial charge on any atom is -0.455 e. The second-order valence-electron chi connectivity index (χ2n) is 7.63. The van der Waals surface area contributed by atoms with Crippen molar-refractivity contribution in [2.75, 3.05) is 11.5 Å². The van der Waals surface area contributed by atoms with E-state index in [1.165, 1.54) is 11.3 Å². The maximum Gasteiger partial charge on any atom is 0.309 e. The Labute approximate surface area is 169 Å². The fourth-order valence-electron chi connectivity index (χ4n) is 3.97. The zero-order valence-corrected chi connectivity index (χ0v) is 16.9. The van der Waals surface area contributed by atoms with Gasteiger partial charge in [0.2, 0.25) is 0 Å². The summed E-state index contributed by atoms with van der Waals surface area (Å²) in [5.41, 5.74) is 2.16. The Balaban J connectivity index is 1.49. The number of nitrogens with zero attached hydrogens (tertiary/aromatic N) is 2. The molecule has 1 amide bonds. The number of aryl methyl sites for hydroxylation is 2. The molecule has 0 bridgehead atoms. The highest BCUT2D eigenvalue weighted by Gasteiger charge is 2.27. The number of hydrogen-bond acceptors (Lipinski definition) is 5. The Hall–Kier alpha value is -2.21. The van der Waals surface area contributed by atoms with Gasteiger partial charge in [0.05, 0.1) is 18.2 Å². The van der Waals surface area contributed by atoms with Gasteiger partial charge in [-0.2, -0.15) is 0 Å². The number of aromatic nitrogens is 1. The molecule has 0 saturated heterocycles. The second-order valence-corrected chi connectivity index (χ2v) is 8.69. The SMILES string of the molecule is O=C(OCC(=O)N(Cc1ccccc1)c1nc2c(s1)CCCC2)C1CCCC1. The highest BCUT2D eigenvalue weighted by atomic mass is 32.1. The average Bonchev–Trinajstić information content (AvgIpc) is 3.40. The average molecular weight is 399 g/mol. The van der Waals surface area contributed by atoms with E-state index in [9.17, 15) is 9.59 Å². The summed E-state index contributed by atoms with van der Waals surface area (Å²) in [4.78, 5) is 32.9. The predicted molar refractivity (Wildman–Crippen MR) is 109 cm³/mol. The maximum absolute atomic E-state index is 13.0. The number of anilines is 1. The van der Waals surface area contributed by atoms with Crippen molar-refractivity contribution in [3.8, 4) is 0 Å². The minimum atomic E-state index is -0.232. The van der Waals surface area contributed by atoms with Gasteiger partial charge >= 0.3 is 5.97 Å². The normalized spacial score (nSPS) is 16.6. The van der Waals surface area contributed by atoms with E-state index in [1.807, 2.05) is 30.3 Å². The fraction of sp³-hybridized carbons (Fsp3) is 0.500. The van der Waals surface area contributed by atoms with E-state index in [-0.39, 0.29) is 24.4 Å². The van der Waals surface area contributed by atoms with Crippen LogP contribution in [-0.4, -0.2) is 23.5 Å². The number of carbonyl (C=O) groups excluding carboxylic acids is 2. The van der Waals surface area contributed by atoms with Gasteiger partial charge < -0.3 is 4.74 Å². The molecule has 0 unspecified atom stereocenters. The summed E-state index contributed by atoms with van der Waals surface area (Å²) >= 11 is 1.60. The molecule has 0 spiro atoms. The number of thiazole rings is 1. The van der Waals surface area contributed by atoms with Gasteiger partial charge in [0, 0.05) is 4.88 Å². The molecule has 4 rings (SSSR count). The summed E-state index contributed by atoms with van der Waals surface area (Å²) in [5.74, 6) is -0.479. The van der Waals surface area contributed by atoms with Gasteiger partial charge in [0.15, 0.2) is 11.7 Å². The van der Waals surface area contributed by atoms with Gasteiger partial charge in [-0.05, 0) is 44.1 Å². The quantitative estimate of drug-likeness (QED) is 0.681. The number of carbonyl (C=O) groups is 2. The minimum absolute atomic E-state index is 0.0393. The van der Waals surface area contributed by atoms with Gasteiger partial charge in [-0.3, -0.25) is 14.5 Å². The van der Waals surface area contributed by atoms with Crippen LogP contribution < -0.4 is 4.90 Å². The lowest BCUT2D eigenvalue weighted by Gasteiger charge is -2.20. The van der Waals surface area contributed by atoms with E-state index in [1.54, 1.807) is 16.2 Å². The lowest BCUT2D eigenvalue weighted by atomic mass is 10.0. The molecule has 0 aliphatic heterocycles. The van der Waals surface area contributed by atoms with E-state index >= 15 is 0 Å². The van der Waals surface area contributed by atoms with Gasteiger partial charge in [-0.1, -0.05) is 43.2 Å². The van der Waals surface area contributed by atoms with E-state index in [2.05, 4.69) is 0 Å².